The van der Waals surface area contributed by atoms with Crippen molar-refractivity contribution in [1.82, 2.24) is 0 Å². The molecule has 5 nitrogen and oxygen atoms in total. The van der Waals surface area contributed by atoms with Crippen LogP contribution in [0.25, 0.3) is 5.70 Å². The molecule has 0 bridgehead atoms. The number of nitrogens with zero attached hydrogens (tertiary/aromatic N) is 1. The van der Waals surface area contributed by atoms with Gasteiger partial charge in [-0.1, -0.05) is 12.7 Å². The molecule has 0 saturated carbocycles. The van der Waals surface area contributed by atoms with Gasteiger partial charge in [-0.2, -0.15) is 0 Å². The predicted octanol–water partition coefficient (Wildman–Crippen LogP) is 3.67. The third kappa shape index (κ3) is 5.57. The largest absolute Gasteiger partial charge is 0.492 e. The summed E-state index contributed by atoms with van der Waals surface area (Å²) in [6, 6.07) is 2.34. The number of hydrogen-bond acceptors (Lipinski definition) is 4. The number of carboxylic acids is 1. The van der Waals surface area contributed by atoms with Gasteiger partial charge in [0.2, 0.25) is 0 Å². The highest BCUT2D eigenvalue weighted by atomic mass is 19.1. The first-order chi connectivity index (χ1) is 12.7. The molecular weight excluding hydrogens is 354 g/mol. The molecule has 0 aliphatic carbocycles. The highest BCUT2D eigenvalue weighted by Crippen LogP contribution is 2.32. The number of nitrogens with two attached hydrogens (primary N) is 1. The Morgan fingerprint density at radius 2 is 2.00 bits per heavy atom. The van der Waals surface area contributed by atoms with E-state index in [2.05, 4.69) is 6.58 Å². The van der Waals surface area contributed by atoms with Crippen molar-refractivity contribution >= 4 is 17.4 Å². The molecule has 0 atom stereocenters. The zero-order chi connectivity index (χ0) is 20.1. The molecule has 1 heterocycles. The van der Waals surface area contributed by atoms with E-state index in [-0.39, 0.29) is 35.4 Å². The summed E-state index contributed by atoms with van der Waals surface area (Å²) >= 11 is 0. The number of halogens is 2. The van der Waals surface area contributed by atoms with Gasteiger partial charge < -0.3 is 20.5 Å². The molecule has 7 heteroatoms. The van der Waals surface area contributed by atoms with Crippen LogP contribution in [0.4, 0.5) is 14.5 Å². The van der Waals surface area contributed by atoms with Crippen molar-refractivity contribution in [3.05, 3.63) is 59.9 Å². The first kappa shape index (κ1) is 20.5. The number of hydrogen-bond donors (Lipinski definition) is 2. The summed E-state index contributed by atoms with van der Waals surface area (Å²) in [5.74, 6) is -2.02. The standard InChI is InChI=1S/C20H24F2N2O3/c1-12(2)27-13(3)5-4-6-18(23)15-8-16(21)20(17(22)9-15)24-10-14(11-24)7-19(25)26/h4-6,8-9,12,14H,3,7,10-11,23H2,1-2H3,(H,25,26)/b5-4-,18-6-. The number of carbonyl (C=O) groups is 1. The lowest BCUT2D eigenvalue weighted by atomic mass is 9.95. The SMILES string of the molecule is C=C(/C=C\C=C(/N)c1cc(F)c(N2CC(CC(=O)O)C2)c(F)c1)OC(C)C. The molecule has 2 rings (SSSR count). The zero-order valence-corrected chi connectivity index (χ0v) is 15.4. The van der Waals surface area contributed by atoms with E-state index < -0.39 is 17.6 Å². The van der Waals surface area contributed by atoms with E-state index in [9.17, 15) is 13.6 Å². The van der Waals surface area contributed by atoms with Gasteiger partial charge in [-0.05, 0) is 38.1 Å². The zero-order valence-electron chi connectivity index (χ0n) is 15.4. The Labute approximate surface area is 157 Å². The number of aliphatic carboxylic acids is 1. The smallest absolute Gasteiger partial charge is 0.303 e. The summed E-state index contributed by atoms with van der Waals surface area (Å²) in [5.41, 5.74) is 6.16. The molecule has 0 amide bonds. The van der Waals surface area contributed by atoms with E-state index in [1.807, 2.05) is 13.8 Å². The van der Waals surface area contributed by atoms with Crippen LogP contribution in [0, 0.1) is 17.6 Å². The molecule has 1 saturated heterocycles. The molecule has 3 N–H and O–H groups in total. The first-order valence-corrected chi connectivity index (χ1v) is 8.63. The molecule has 0 radical (unpaired) electrons. The number of carboxylic acid groups (broad SMARTS) is 1. The van der Waals surface area contributed by atoms with Gasteiger partial charge in [0, 0.05) is 30.3 Å². The van der Waals surface area contributed by atoms with E-state index in [1.54, 1.807) is 12.2 Å². The summed E-state index contributed by atoms with van der Waals surface area (Å²) < 4.78 is 34.1. The van der Waals surface area contributed by atoms with Crippen molar-refractivity contribution in [2.75, 3.05) is 18.0 Å². The summed E-state index contributed by atoms with van der Waals surface area (Å²) in [6.45, 7) is 8.09. The fraction of sp³-hybridized carbons (Fsp3) is 0.350. The van der Waals surface area contributed by atoms with E-state index in [4.69, 9.17) is 15.6 Å². The average molecular weight is 378 g/mol. The van der Waals surface area contributed by atoms with Crippen LogP contribution >= 0.6 is 0 Å². The van der Waals surface area contributed by atoms with Crippen LogP contribution in [0.3, 0.4) is 0 Å². The van der Waals surface area contributed by atoms with Crippen LogP contribution in [0.15, 0.2) is 42.7 Å². The van der Waals surface area contributed by atoms with Gasteiger partial charge in [0.05, 0.1) is 12.5 Å². The van der Waals surface area contributed by atoms with E-state index in [0.717, 1.165) is 0 Å². The van der Waals surface area contributed by atoms with Crippen LogP contribution in [0.5, 0.6) is 0 Å². The first-order valence-electron chi connectivity index (χ1n) is 8.63. The quantitative estimate of drug-likeness (QED) is 0.533. The van der Waals surface area contributed by atoms with Crippen molar-refractivity contribution < 1.29 is 23.4 Å². The minimum Gasteiger partial charge on any atom is -0.492 e. The summed E-state index contributed by atoms with van der Waals surface area (Å²) in [6.07, 6.45) is 4.70. The Balaban J connectivity index is 2.07. The maximum Gasteiger partial charge on any atom is 0.303 e. The molecule has 146 valence electrons. The summed E-state index contributed by atoms with van der Waals surface area (Å²) in [4.78, 5) is 12.2. The van der Waals surface area contributed by atoms with E-state index in [0.29, 0.717) is 18.8 Å². The minimum atomic E-state index is -0.914. The van der Waals surface area contributed by atoms with Crippen LogP contribution < -0.4 is 10.6 Å². The van der Waals surface area contributed by atoms with Gasteiger partial charge in [0.25, 0.3) is 0 Å². The number of anilines is 1. The van der Waals surface area contributed by atoms with Gasteiger partial charge in [0.1, 0.15) is 23.1 Å². The average Bonchev–Trinajstić information content (AvgIpc) is 2.50. The topological polar surface area (TPSA) is 75.8 Å². The second kappa shape index (κ2) is 8.70. The normalized spacial score (nSPS) is 15.3. The summed E-state index contributed by atoms with van der Waals surface area (Å²) in [5, 5.41) is 8.75. The molecule has 0 unspecified atom stereocenters. The summed E-state index contributed by atoms with van der Waals surface area (Å²) in [7, 11) is 0. The maximum atomic E-state index is 14.4. The molecule has 1 aliphatic heterocycles. The Bertz CT molecular complexity index is 758. The Morgan fingerprint density at radius 1 is 1.41 bits per heavy atom. The van der Waals surface area contributed by atoms with Gasteiger partial charge in [-0.3, -0.25) is 4.79 Å². The molecule has 1 aliphatic rings. The van der Waals surface area contributed by atoms with Crippen molar-refractivity contribution in [1.29, 1.82) is 0 Å². The van der Waals surface area contributed by atoms with Crippen LogP contribution in [0.1, 0.15) is 25.8 Å². The Morgan fingerprint density at radius 3 is 2.52 bits per heavy atom. The van der Waals surface area contributed by atoms with Crippen molar-refractivity contribution in [3.63, 3.8) is 0 Å². The number of ether oxygens (including phenoxy) is 1. The van der Waals surface area contributed by atoms with E-state index in [1.165, 1.54) is 23.1 Å². The lowest BCUT2D eigenvalue weighted by Gasteiger charge is -2.40. The number of rotatable bonds is 8. The molecule has 1 aromatic rings. The monoisotopic (exact) mass is 378 g/mol. The molecule has 0 spiro atoms. The Kier molecular flexibility index (Phi) is 6.60. The van der Waals surface area contributed by atoms with Crippen molar-refractivity contribution in [3.8, 4) is 0 Å². The minimum absolute atomic E-state index is 0.00388. The molecule has 1 aromatic carbocycles. The van der Waals surface area contributed by atoms with Gasteiger partial charge in [-0.25, -0.2) is 8.78 Å². The fourth-order valence-corrected chi connectivity index (χ4v) is 2.86. The van der Waals surface area contributed by atoms with Gasteiger partial charge in [0.15, 0.2) is 0 Å². The number of allylic oxidation sites excluding steroid dienone is 3. The Hall–Kier alpha value is -2.83. The van der Waals surface area contributed by atoms with Crippen LogP contribution in [-0.4, -0.2) is 30.3 Å². The predicted molar refractivity (Wildman–Crippen MR) is 101 cm³/mol. The fourth-order valence-electron chi connectivity index (χ4n) is 2.86. The highest BCUT2D eigenvalue weighted by molar-refractivity contribution is 5.69. The molecular formula is C20H24F2N2O3. The second-order valence-electron chi connectivity index (χ2n) is 6.77. The molecule has 1 fully saturated rings. The molecule has 0 aromatic heterocycles. The van der Waals surface area contributed by atoms with Gasteiger partial charge in [-0.15, -0.1) is 0 Å². The third-order valence-corrected chi connectivity index (χ3v) is 4.03. The van der Waals surface area contributed by atoms with Gasteiger partial charge >= 0.3 is 5.97 Å². The maximum absolute atomic E-state index is 14.4. The van der Waals surface area contributed by atoms with Crippen LogP contribution in [0.2, 0.25) is 0 Å². The second-order valence-corrected chi connectivity index (χ2v) is 6.77. The van der Waals surface area contributed by atoms with E-state index >= 15 is 0 Å². The highest BCUT2D eigenvalue weighted by Gasteiger charge is 2.32. The van der Waals surface area contributed by atoms with Crippen molar-refractivity contribution in [2.45, 2.75) is 26.4 Å². The third-order valence-electron chi connectivity index (χ3n) is 4.03. The number of benzene rings is 1. The lowest BCUT2D eigenvalue weighted by molar-refractivity contribution is -0.138. The van der Waals surface area contributed by atoms with Crippen LogP contribution in [-0.2, 0) is 9.53 Å². The molecule has 27 heavy (non-hydrogen) atoms. The lowest BCUT2D eigenvalue weighted by Crippen LogP contribution is -2.48. The van der Waals surface area contributed by atoms with Crippen molar-refractivity contribution in [2.24, 2.45) is 11.7 Å².